The highest BCUT2D eigenvalue weighted by Crippen LogP contribution is 2.05. The van der Waals surface area contributed by atoms with Gasteiger partial charge >= 0.3 is 0 Å². The van der Waals surface area contributed by atoms with E-state index in [-0.39, 0.29) is 11.5 Å². The lowest BCUT2D eigenvalue weighted by Crippen LogP contribution is -2.09. The highest BCUT2D eigenvalue weighted by atomic mass is 16.3. The number of hydrogen-bond acceptors (Lipinski definition) is 3. The predicted molar refractivity (Wildman–Crippen MR) is 32.7 cm³/mol. The zero-order valence-corrected chi connectivity index (χ0v) is 4.73. The molecule has 0 aromatic carbocycles. The van der Waals surface area contributed by atoms with Crippen LogP contribution < -0.4 is 5.73 Å². The monoisotopic (exact) mass is 122 g/mol. The molecule has 0 radical (unpaired) electrons. The number of rotatable bonds is 0. The van der Waals surface area contributed by atoms with Gasteiger partial charge in [0.1, 0.15) is 11.5 Å². The fourth-order valence-electron chi connectivity index (χ4n) is 0.531. The third-order valence-corrected chi connectivity index (χ3v) is 0.969. The molecule has 3 heteroatoms. The van der Waals surface area contributed by atoms with E-state index in [2.05, 4.69) is 12.2 Å². The van der Waals surface area contributed by atoms with Gasteiger partial charge in [-0.05, 0) is 6.42 Å². The summed E-state index contributed by atoms with van der Waals surface area (Å²) in [6.07, 6.45) is 5.33. The topological polar surface area (TPSA) is 70.1 Å². The van der Waals surface area contributed by atoms with Crippen molar-refractivity contribution in [1.82, 2.24) is 0 Å². The first-order valence-electron chi connectivity index (χ1n) is 2.47. The number of hydrogen-bond donors (Lipinski definition) is 3. The zero-order chi connectivity index (χ0) is 6.85. The predicted octanol–water partition coefficient (Wildman–Crippen LogP) is 0.301. The van der Waals surface area contributed by atoms with E-state index in [1.165, 1.54) is 0 Å². The van der Waals surface area contributed by atoms with Gasteiger partial charge in [0.15, 0.2) is 5.71 Å². The summed E-state index contributed by atoms with van der Waals surface area (Å²) < 4.78 is 0. The van der Waals surface area contributed by atoms with Crippen LogP contribution in [0.1, 0.15) is 6.42 Å². The molecular weight excluding hydrogens is 116 g/mol. The molecule has 0 saturated carbocycles. The van der Waals surface area contributed by atoms with Crippen molar-refractivity contribution in [3.05, 3.63) is 23.6 Å². The van der Waals surface area contributed by atoms with Crippen LogP contribution >= 0.6 is 0 Å². The minimum absolute atomic E-state index is 0.0845. The van der Waals surface area contributed by atoms with Crippen molar-refractivity contribution in [2.24, 2.45) is 5.73 Å². The molecule has 1 rings (SSSR count). The van der Waals surface area contributed by atoms with Crippen molar-refractivity contribution in [2.45, 2.75) is 6.42 Å². The molecule has 0 aliphatic heterocycles. The normalized spacial score (nSPS) is 18.0. The SMILES string of the molecule is N=C1[C+]=C(N)C[C-]=C1O. The van der Waals surface area contributed by atoms with Gasteiger partial charge in [-0.3, -0.25) is 0 Å². The van der Waals surface area contributed by atoms with E-state index < -0.39 is 0 Å². The standard InChI is InChI=1S/C6H6N2O/c7-4-1-2-6(9)5(8)3-4/h8-9H,1,7H2. The van der Waals surface area contributed by atoms with Crippen LogP contribution in [0.4, 0.5) is 0 Å². The Kier molecular flexibility index (Phi) is 1.21. The van der Waals surface area contributed by atoms with E-state index in [1.54, 1.807) is 0 Å². The molecule has 0 heterocycles. The Morgan fingerprint density at radius 1 is 1.78 bits per heavy atom. The van der Waals surface area contributed by atoms with Crippen LogP contribution in [0.2, 0.25) is 0 Å². The second-order valence-electron chi connectivity index (χ2n) is 1.73. The van der Waals surface area contributed by atoms with Gasteiger partial charge in [0, 0.05) is 6.08 Å². The first-order chi connectivity index (χ1) is 4.20. The number of nitrogens with one attached hydrogen (secondary N) is 1. The summed E-state index contributed by atoms with van der Waals surface area (Å²) >= 11 is 0. The number of aliphatic hydroxyl groups is 1. The van der Waals surface area contributed by atoms with Crippen LogP contribution in [0.15, 0.2) is 11.5 Å². The van der Waals surface area contributed by atoms with Crippen LogP contribution in [-0.2, 0) is 0 Å². The fourth-order valence-corrected chi connectivity index (χ4v) is 0.531. The second kappa shape index (κ2) is 1.88. The van der Waals surface area contributed by atoms with E-state index in [0.29, 0.717) is 12.1 Å². The smallest absolute Gasteiger partial charge is 0.173 e. The maximum Gasteiger partial charge on any atom is 0.173 e. The van der Waals surface area contributed by atoms with Gasteiger partial charge in [-0.15, -0.1) is 6.08 Å². The van der Waals surface area contributed by atoms with Gasteiger partial charge in [-0.25, -0.2) is 0 Å². The minimum Gasteiger partial charge on any atom is -0.458 e. The van der Waals surface area contributed by atoms with E-state index in [9.17, 15) is 0 Å². The van der Waals surface area contributed by atoms with Gasteiger partial charge in [0.25, 0.3) is 0 Å². The van der Waals surface area contributed by atoms with E-state index in [4.69, 9.17) is 16.2 Å². The summed E-state index contributed by atoms with van der Waals surface area (Å²) in [5.74, 6) is -0.163. The Bertz CT molecular complexity index is 203. The third-order valence-electron chi connectivity index (χ3n) is 0.969. The first kappa shape index (κ1) is 5.79. The van der Waals surface area contributed by atoms with E-state index in [0.717, 1.165) is 0 Å². The van der Waals surface area contributed by atoms with E-state index >= 15 is 0 Å². The van der Waals surface area contributed by atoms with Crippen LogP contribution in [0, 0.1) is 17.6 Å². The van der Waals surface area contributed by atoms with Gasteiger partial charge < -0.3 is 16.2 Å². The van der Waals surface area contributed by atoms with Gasteiger partial charge in [0.2, 0.25) is 0 Å². The number of allylic oxidation sites excluding steroid dienone is 2. The summed E-state index contributed by atoms with van der Waals surface area (Å²) in [6, 6.07) is 0. The highest BCUT2D eigenvalue weighted by Gasteiger charge is 2.07. The maximum absolute atomic E-state index is 8.75. The van der Waals surface area contributed by atoms with Crippen molar-refractivity contribution >= 4 is 5.71 Å². The van der Waals surface area contributed by atoms with Crippen LogP contribution in [-0.4, -0.2) is 10.8 Å². The lowest BCUT2D eigenvalue weighted by atomic mass is 10.1. The molecule has 4 N–H and O–H groups in total. The maximum atomic E-state index is 8.75. The molecule has 1 aliphatic carbocycles. The molecular formula is C6H6N2O. The molecule has 0 saturated heterocycles. The Labute approximate surface area is 53.0 Å². The zero-order valence-electron chi connectivity index (χ0n) is 4.73. The molecule has 46 valence electrons. The first-order valence-corrected chi connectivity index (χ1v) is 2.47. The van der Waals surface area contributed by atoms with Crippen LogP contribution in [0.5, 0.6) is 0 Å². The van der Waals surface area contributed by atoms with Gasteiger partial charge in [0.05, 0.1) is 0 Å². The minimum atomic E-state index is -0.163. The third kappa shape index (κ3) is 1.06. The van der Waals surface area contributed by atoms with Crippen molar-refractivity contribution in [3.8, 4) is 0 Å². The van der Waals surface area contributed by atoms with Crippen molar-refractivity contribution < 1.29 is 5.11 Å². The number of nitrogens with two attached hydrogens (primary N) is 1. The molecule has 0 atom stereocenters. The van der Waals surface area contributed by atoms with E-state index in [1.807, 2.05) is 0 Å². The fraction of sp³-hybridized carbons (Fsp3) is 0.167. The average Bonchev–Trinajstić information content (AvgIpc) is 1.80. The largest absolute Gasteiger partial charge is 0.458 e. The van der Waals surface area contributed by atoms with Crippen LogP contribution in [0.25, 0.3) is 0 Å². The molecule has 0 fully saturated rings. The second-order valence-corrected chi connectivity index (χ2v) is 1.73. The number of aliphatic hydroxyl groups excluding tert-OH is 1. The van der Waals surface area contributed by atoms with Crippen molar-refractivity contribution in [2.75, 3.05) is 0 Å². The lowest BCUT2D eigenvalue weighted by molar-refractivity contribution is 0.436. The summed E-state index contributed by atoms with van der Waals surface area (Å²) in [7, 11) is 0. The Hall–Kier alpha value is -1.34. The van der Waals surface area contributed by atoms with Crippen molar-refractivity contribution in [1.29, 1.82) is 5.41 Å². The summed E-state index contributed by atoms with van der Waals surface area (Å²) in [5, 5.41) is 15.7. The van der Waals surface area contributed by atoms with Crippen LogP contribution in [0.3, 0.4) is 0 Å². The molecule has 0 aromatic rings. The lowest BCUT2D eigenvalue weighted by Gasteiger charge is -2.02. The highest BCUT2D eigenvalue weighted by molar-refractivity contribution is 6.01. The molecule has 3 nitrogen and oxygen atoms in total. The quantitative estimate of drug-likeness (QED) is 0.404. The molecule has 9 heavy (non-hydrogen) atoms. The molecule has 1 aliphatic rings. The van der Waals surface area contributed by atoms with Gasteiger partial charge in [-0.2, -0.15) is 0 Å². The summed E-state index contributed by atoms with van der Waals surface area (Å²) in [5.41, 5.74) is 5.62. The van der Waals surface area contributed by atoms with Gasteiger partial charge in [-0.1, -0.05) is 0 Å². The summed E-state index contributed by atoms with van der Waals surface area (Å²) in [6.45, 7) is 0. The molecule has 0 amide bonds. The van der Waals surface area contributed by atoms with Crippen molar-refractivity contribution in [3.63, 3.8) is 0 Å². The molecule has 0 unspecified atom stereocenters. The molecule has 0 spiro atoms. The summed E-state index contributed by atoms with van der Waals surface area (Å²) in [4.78, 5) is 0. The molecule has 0 bridgehead atoms. The Morgan fingerprint density at radius 3 is 2.89 bits per heavy atom. The Balaban J connectivity index is 2.82. The average molecular weight is 122 g/mol. The molecule has 0 aromatic heterocycles. The Morgan fingerprint density at radius 2 is 2.44 bits per heavy atom.